The molecular formula is C34H33F3N4O5S. The number of carbonyl (C=O) groups excluding carboxylic acids is 1. The number of benzene rings is 4. The second kappa shape index (κ2) is 14.8. The van der Waals surface area contributed by atoms with Crippen molar-refractivity contribution in [2.75, 3.05) is 25.0 Å². The van der Waals surface area contributed by atoms with Gasteiger partial charge < -0.3 is 21.1 Å². The van der Waals surface area contributed by atoms with Gasteiger partial charge in [0.25, 0.3) is 0 Å². The summed E-state index contributed by atoms with van der Waals surface area (Å²) in [5, 5.41) is 17.7. The van der Waals surface area contributed by atoms with E-state index in [1.807, 2.05) is 0 Å². The average molecular weight is 667 g/mol. The normalized spacial score (nSPS) is 16.0. The zero-order chi connectivity index (χ0) is 33.6. The smallest absolute Gasteiger partial charge is 0.405 e. The number of nitrogens with zero attached hydrogens (tertiary/aromatic N) is 1. The highest BCUT2D eigenvalue weighted by Crippen LogP contribution is 2.31. The maximum Gasteiger partial charge on any atom is 0.405 e. The predicted molar refractivity (Wildman–Crippen MR) is 170 cm³/mol. The molecule has 246 valence electrons. The largest absolute Gasteiger partial charge is 0.465 e. The van der Waals surface area contributed by atoms with E-state index in [1.165, 1.54) is 71.0 Å². The van der Waals surface area contributed by atoms with Gasteiger partial charge in [0.2, 0.25) is 15.9 Å². The van der Waals surface area contributed by atoms with Crippen molar-refractivity contribution in [3.05, 3.63) is 131 Å². The van der Waals surface area contributed by atoms with Crippen LogP contribution in [-0.4, -0.2) is 61.5 Å². The summed E-state index contributed by atoms with van der Waals surface area (Å²) in [6, 6.07) is 20.3. The lowest BCUT2D eigenvalue weighted by Crippen LogP contribution is -2.53. The van der Waals surface area contributed by atoms with Gasteiger partial charge in [0, 0.05) is 42.8 Å². The van der Waals surface area contributed by atoms with Crippen LogP contribution in [0.5, 0.6) is 0 Å². The second-order valence-electron chi connectivity index (χ2n) is 11.1. The van der Waals surface area contributed by atoms with E-state index in [-0.39, 0.29) is 46.7 Å². The Morgan fingerprint density at radius 1 is 0.894 bits per heavy atom. The van der Waals surface area contributed by atoms with Crippen LogP contribution in [0.1, 0.15) is 29.0 Å². The second-order valence-corrected chi connectivity index (χ2v) is 13.0. The van der Waals surface area contributed by atoms with E-state index in [2.05, 4.69) is 16.0 Å². The lowest BCUT2D eigenvalue weighted by molar-refractivity contribution is -0.118. The van der Waals surface area contributed by atoms with Gasteiger partial charge in [-0.15, -0.1) is 0 Å². The molecule has 9 nitrogen and oxygen atoms in total. The van der Waals surface area contributed by atoms with E-state index in [4.69, 9.17) is 0 Å². The molecule has 2 amide bonds. The van der Waals surface area contributed by atoms with Gasteiger partial charge in [-0.1, -0.05) is 48.5 Å². The number of hydrogen-bond acceptors (Lipinski definition) is 5. The first-order valence-electron chi connectivity index (χ1n) is 14.9. The number of piperazine rings is 1. The van der Waals surface area contributed by atoms with Crippen molar-refractivity contribution in [1.29, 1.82) is 0 Å². The van der Waals surface area contributed by atoms with Crippen LogP contribution in [-0.2, 0) is 21.2 Å². The van der Waals surface area contributed by atoms with E-state index in [1.54, 1.807) is 18.2 Å². The molecule has 0 aromatic heterocycles. The summed E-state index contributed by atoms with van der Waals surface area (Å²) in [4.78, 5) is 25.9. The zero-order valence-corrected chi connectivity index (χ0v) is 25.9. The van der Waals surface area contributed by atoms with Gasteiger partial charge in [-0.2, -0.15) is 4.31 Å². The van der Waals surface area contributed by atoms with Crippen molar-refractivity contribution >= 4 is 27.7 Å². The summed E-state index contributed by atoms with van der Waals surface area (Å²) >= 11 is 0. The predicted octanol–water partition coefficient (Wildman–Crippen LogP) is 5.11. The topological polar surface area (TPSA) is 128 Å². The number of nitrogens with one attached hydrogen (secondary N) is 3. The van der Waals surface area contributed by atoms with Crippen LogP contribution in [0, 0.1) is 17.5 Å². The minimum absolute atomic E-state index is 0.0314. The third-order valence-electron chi connectivity index (χ3n) is 8.06. The fraction of sp³-hybridized carbons (Fsp3) is 0.235. The zero-order valence-electron chi connectivity index (χ0n) is 25.1. The molecule has 1 saturated heterocycles. The first-order valence-corrected chi connectivity index (χ1v) is 16.3. The molecule has 4 N–H and O–H groups in total. The van der Waals surface area contributed by atoms with Gasteiger partial charge in [-0.3, -0.25) is 4.79 Å². The Kier molecular flexibility index (Phi) is 10.6. The van der Waals surface area contributed by atoms with E-state index in [0.29, 0.717) is 13.1 Å². The highest BCUT2D eigenvalue weighted by molar-refractivity contribution is 7.89. The Labute approximate surface area is 270 Å². The van der Waals surface area contributed by atoms with Gasteiger partial charge >= 0.3 is 6.09 Å². The molecule has 0 radical (unpaired) electrons. The van der Waals surface area contributed by atoms with Gasteiger partial charge in [-0.05, 0) is 72.5 Å². The van der Waals surface area contributed by atoms with E-state index >= 15 is 4.39 Å². The number of hydrogen-bond donors (Lipinski definition) is 4. The minimum atomic E-state index is -3.83. The monoisotopic (exact) mass is 666 g/mol. The number of halogens is 3. The fourth-order valence-corrected chi connectivity index (χ4v) is 7.57. The maximum atomic E-state index is 15.3. The first-order chi connectivity index (χ1) is 22.5. The summed E-state index contributed by atoms with van der Waals surface area (Å²) in [6.45, 7) is 0.988. The quantitative estimate of drug-likeness (QED) is 0.176. The van der Waals surface area contributed by atoms with Crippen molar-refractivity contribution in [2.45, 2.75) is 35.7 Å². The van der Waals surface area contributed by atoms with Gasteiger partial charge in [-0.25, -0.2) is 26.4 Å². The fourth-order valence-electron chi connectivity index (χ4n) is 5.89. The molecule has 1 heterocycles. The summed E-state index contributed by atoms with van der Waals surface area (Å²) < 4.78 is 72.3. The van der Waals surface area contributed by atoms with Crippen LogP contribution in [0.15, 0.2) is 102 Å². The van der Waals surface area contributed by atoms with Crippen molar-refractivity contribution in [1.82, 2.24) is 14.9 Å². The molecule has 2 atom stereocenters. The highest BCUT2D eigenvalue weighted by Gasteiger charge is 2.35. The van der Waals surface area contributed by atoms with E-state index in [0.717, 1.165) is 12.1 Å². The molecule has 47 heavy (non-hydrogen) atoms. The molecule has 4 aromatic rings. The third kappa shape index (κ3) is 7.99. The molecule has 4 aromatic carbocycles. The van der Waals surface area contributed by atoms with Crippen LogP contribution >= 0.6 is 0 Å². The van der Waals surface area contributed by atoms with Gasteiger partial charge in [0.15, 0.2) is 0 Å². The van der Waals surface area contributed by atoms with E-state index in [9.17, 15) is 31.9 Å². The number of anilines is 1. The van der Waals surface area contributed by atoms with Crippen molar-refractivity contribution < 1.29 is 36.3 Å². The number of carbonyl (C=O) groups is 2. The molecule has 1 aliphatic rings. The van der Waals surface area contributed by atoms with Crippen LogP contribution in [0.4, 0.5) is 23.7 Å². The molecule has 0 saturated carbocycles. The highest BCUT2D eigenvalue weighted by atomic mass is 32.2. The minimum Gasteiger partial charge on any atom is -0.465 e. The Bertz CT molecular complexity index is 1800. The van der Waals surface area contributed by atoms with Crippen molar-refractivity contribution in [3.8, 4) is 0 Å². The molecule has 13 heteroatoms. The maximum absolute atomic E-state index is 15.3. The summed E-state index contributed by atoms with van der Waals surface area (Å²) in [6.07, 6.45) is -1.33. The summed E-state index contributed by atoms with van der Waals surface area (Å²) in [5.41, 5.74) is 0.540. The standard InChI is InChI=1S/C34H33F3N4O5S/c35-24-9-4-7-22(19-24)31(23-8-5-10-25(36)20-23)32(40-34(43)44)33(42)39-30-14-6-13-29(37)28(30)16-15-26-21-38-17-18-41(26)47(45,46)27-11-2-1-3-12-27/h1-14,19-20,26,31-32,38,40H,15-18,21H2,(H,39,42)(H,43,44)/t26?,32-/m0/s1. The van der Waals surface area contributed by atoms with Crippen LogP contribution in [0.25, 0.3) is 0 Å². The first kappa shape index (κ1) is 33.6. The SMILES string of the molecule is O=C(O)N[C@H](C(=O)Nc1cccc(F)c1CCC1CNCCN1S(=O)(=O)c1ccccc1)C(c1cccc(F)c1)c1cccc(F)c1. The number of rotatable bonds is 11. The average Bonchev–Trinajstić information content (AvgIpc) is 3.04. The van der Waals surface area contributed by atoms with Crippen molar-refractivity contribution in [3.63, 3.8) is 0 Å². The molecule has 1 unspecified atom stereocenters. The molecule has 0 aliphatic carbocycles. The number of amides is 2. The van der Waals surface area contributed by atoms with E-state index < -0.39 is 57.5 Å². The molecule has 5 rings (SSSR count). The van der Waals surface area contributed by atoms with Gasteiger partial charge in [0.05, 0.1) is 4.90 Å². The lowest BCUT2D eigenvalue weighted by atomic mass is 9.84. The molecular weight excluding hydrogens is 633 g/mol. The van der Waals surface area contributed by atoms with Crippen molar-refractivity contribution in [2.24, 2.45) is 0 Å². The summed E-state index contributed by atoms with van der Waals surface area (Å²) in [7, 11) is -3.83. The number of sulfonamides is 1. The Hall–Kier alpha value is -4.72. The summed E-state index contributed by atoms with van der Waals surface area (Å²) in [5.74, 6) is -4.01. The molecule has 0 spiro atoms. The molecule has 0 bridgehead atoms. The molecule has 1 aliphatic heterocycles. The molecule has 1 fully saturated rings. The van der Waals surface area contributed by atoms with Crippen LogP contribution < -0.4 is 16.0 Å². The van der Waals surface area contributed by atoms with Gasteiger partial charge in [0.1, 0.15) is 23.5 Å². The third-order valence-corrected chi connectivity index (χ3v) is 10.0. The Morgan fingerprint density at radius 2 is 1.53 bits per heavy atom. The van der Waals surface area contributed by atoms with Crippen LogP contribution in [0.2, 0.25) is 0 Å². The lowest BCUT2D eigenvalue weighted by Gasteiger charge is -2.35. The Morgan fingerprint density at radius 3 is 2.15 bits per heavy atom. The Balaban J connectivity index is 1.43. The van der Waals surface area contributed by atoms with Crippen LogP contribution in [0.3, 0.4) is 0 Å². The number of carboxylic acid groups (broad SMARTS) is 1.